The highest BCUT2D eigenvalue weighted by atomic mass is 32.2. The van der Waals surface area contributed by atoms with Gasteiger partial charge in [0, 0.05) is 11.0 Å². The van der Waals surface area contributed by atoms with Gasteiger partial charge in [-0.25, -0.2) is 15.0 Å². The first-order chi connectivity index (χ1) is 11.3. The van der Waals surface area contributed by atoms with Gasteiger partial charge in [-0.3, -0.25) is 4.57 Å². The summed E-state index contributed by atoms with van der Waals surface area (Å²) in [4.78, 5) is 12.6. The fourth-order valence-corrected chi connectivity index (χ4v) is 4.60. The number of anilines is 1. The van der Waals surface area contributed by atoms with E-state index in [0.717, 1.165) is 42.6 Å². The molecule has 4 heterocycles. The average Bonchev–Trinajstić information content (AvgIpc) is 3.21. The van der Waals surface area contributed by atoms with Crippen LogP contribution in [-0.4, -0.2) is 49.7 Å². The highest BCUT2D eigenvalue weighted by molar-refractivity contribution is 7.99. The molecule has 0 saturated carbocycles. The minimum Gasteiger partial charge on any atom is -0.382 e. The van der Waals surface area contributed by atoms with Crippen molar-refractivity contribution in [3.8, 4) is 0 Å². The van der Waals surface area contributed by atoms with Gasteiger partial charge in [0.2, 0.25) is 0 Å². The van der Waals surface area contributed by atoms with Crippen LogP contribution in [0.15, 0.2) is 12.7 Å². The van der Waals surface area contributed by atoms with Gasteiger partial charge in [0.25, 0.3) is 0 Å². The molecule has 3 N–H and O–H groups in total. The van der Waals surface area contributed by atoms with E-state index in [0.29, 0.717) is 17.4 Å². The highest BCUT2D eigenvalue weighted by Crippen LogP contribution is 2.33. The van der Waals surface area contributed by atoms with Crippen molar-refractivity contribution in [1.29, 1.82) is 0 Å². The Bertz CT molecular complexity index is 671. The van der Waals surface area contributed by atoms with E-state index in [-0.39, 0.29) is 6.23 Å². The average molecular weight is 334 g/mol. The monoisotopic (exact) mass is 334 g/mol. The number of ether oxygens (including phenoxy) is 1. The molecule has 0 aromatic carbocycles. The van der Waals surface area contributed by atoms with Crippen molar-refractivity contribution in [2.75, 3.05) is 24.6 Å². The van der Waals surface area contributed by atoms with Crippen molar-refractivity contribution < 1.29 is 4.74 Å². The molecule has 0 bridgehead atoms. The van der Waals surface area contributed by atoms with Crippen LogP contribution in [-0.2, 0) is 4.74 Å². The van der Waals surface area contributed by atoms with E-state index in [1.165, 1.54) is 19.2 Å². The fraction of sp³-hybridized carbons (Fsp3) is 0.667. The van der Waals surface area contributed by atoms with Crippen molar-refractivity contribution in [2.45, 2.75) is 43.3 Å². The van der Waals surface area contributed by atoms with E-state index in [4.69, 9.17) is 10.5 Å². The van der Waals surface area contributed by atoms with Gasteiger partial charge in [-0.2, -0.15) is 11.8 Å². The van der Waals surface area contributed by atoms with Crippen LogP contribution in [0.4, 0.5) is 5.82 Å². The molecule has 124 valence electrons. The number of piperidine rings is 1. The van der Waals surface area contributed by atoms with Gasteiger partial charge in [-0.05, 0) is 38.8 Å². The number of nitrogens with one attached hydrogen (secondary N) is 1. The normalized spacial score (nSPS) is 26.1. The Hall–Kier alpha value is -1.38. The molecule has 0 spiro atoms. The number of nitrogens with two attached hydrogens (primary N) is 1. The quantitative estimate of drug-likeness (QED) is 0.877. The maximum atomic E-state index is 6.23. The number of hydrogen-bond acceptors (Lipinski definition) is 7. The first-order valence-electron chi connectivity index (χ1n) is 8.22. The van der Waals surface area contributed by atoms with Gasteiger partial charge in [0.05, 0.1) is 12.4 Å². The maximum Gasteiger partial charge on any atom is 0.167 e. The van der Waals surface area contributed by atoms with Crippen LogP contribution in [0.5, 0.6) is 0 Å². The molecule has 2 saturated heterocycles. The molecule has 4 rings (SSSR count). The van der Waals surface area contributed by atoms with Crippen LogP contribution in [0.1, 0.15) is 31.9 Å². The minimum atomic E-state index is 0.00734. The fourth-order valence-electron chi connectivity index (χ4n) is 3.30. The summed E-state index contributed by atoms with van der Waals surface area (Å²) in [6.45, 7) is 2.29. The van der Waals surface area contributed by atoms with Crippen LogP contribution < -0.4 is 11.1 Å². The standard InChI is InChI=1S/C15H22N6OS/c16-14-13-15(19-8-18-14)21(9-20-13)12-2-1-10(22-12)7-23-11-3-5-17-6-4-11/h8-12,17H,1-7H2,(H2,16,18,19)/t10-,12+/m0/s1. The van der Waals surface area contributed by atoms with E-state index in [1.54, 1.807) is 6.33 Å². The van der Waals surface area contributed by atoms with Crippen LogP contribution in [0.2, 0.25) is 0 Å². The summed E-state index contributed by atoms with van der Waals surface area (Å²) in [6.07, 6.45) is 8.18. The lowest BCUT2D eigenvalue weighted by Crippen LogP contribution is -2.30. The molecule has 8 heteroatoms. The van der Waals surface area contributed by atoms with Crippen molar-refractivity contribution in [1.82, 2.24) is 24.8 Å². The molecule has 0 aliphatic carbocycles. The molecular weight excluding hydrogens is 312 g/mol. The molecule has 0 amide bonds. The lowest BCUT2D eigenvalue weighted by atomic mass is 10.2. The molecule has 0 radical (unpaired) electrons. The van der Waals surface area contributed by atoms with E-state index >= 15 is 0 Å². The zero-order valence-electron chi connectivity index (χ0n) is 13.0. The number of imidazole rings is 1. The molecule has 2 aromatic rings. The van der Waals surface area contributed by atoms with Gasteiger partial charge >= 0.3 is 0 Å². The zero-order valence-corrected chi connectivity index (χ0v) is 13.8. The molecule has 7 nitrogen and oxygen atoms in total. The van der Waals surface area contributed by atoms with Gasteiger partial charge in [0.15, 0.2) is 11.5 Å². The predicted octanol–water partition coefficient (Wildman–Crippen LogP) is 1.57. The van der Waals surface area contributed by atoms with Crippen LogP contribution in [0.3, 0.4) is 0 Å². The lowest BCUT2D eigenvalue weighted by Gasteiger charge is -2.23. The summed E-state index contributed by atoms with van der Waals surface area (Å²) in [5, 5.41) is 4.19. The molecule has 2 aromatic heterocycles. The van der Waals surface area contributed by atoms with Crippen LogP contribution in [0, 0.1) is 0 Å². The smallest absolute Gasteiger partial charge is 0.167 e. The molecule has 2 aliphatic rings. The Morgan fingerprint density at radius 2 is 2.09 bits per heavy atom. The van der Waals surface area contributed by atoms with E-state index in [2.05, 4.69) is 32.0 Å². The Balaban J connectivity index is 1.38. The third kappa shape index (κ3) is 3.15. The largest absolute Gasteiger partial charge is 0.382 e. The molecule has 2 atom stereocenters. The molecule has 0 unspecified atom stereocenters. The summed E-state index contributed by atoms with van der Waals surface area (Å²) in [7, 11) is 0. The molecule has 23 heavy (non-hydrogen) atoms. The lowest BCUT2D eigenvalue weighted by molar-refractivity contribution is 0.0153. The second kappa shape index (κ2) is 6.62. The molecule has 2 aliphatic heterocycles. The number of hydrogen-bond donors (Lipinski definition) is 2. The van der Waals surface area contributed by atoms with Gasteiger partial charge in [0.1, 0.15) is 18.1 Å². The van der Waals surface area contributed by atoms with Crippen LogP contribution in [0.25, 0.3) is 11.2 Å². The Labute approximate surface area is 139 Å². The number of nitrogen functional groups attached to an aromatic ring is 1. The first kappa shape index (κ1) is 15.2. The summed E-state index contributed by atoms with van der Waals surface area (Å²) in [5.41, 5.74) is 7.26. The SMILES string of the molecule is Nc1ncnc2c1ncn2[C@H]1CC[C@@H](CSC2CCNCC2)O1. The summed E-state index contributed by atoms with van der Waals surface area (Å²) < 4.78 is 8.22. The van der Waals surface area contributed by atoms with Crippen molar-refractivity contribution in [2.24, 2.45) is 0 Å². The van der Waals surface area contributed by atoms with E-state index in [9.17, 15) is 0 Å². The van der Waals surface area contributed by atoms with Crippen molar-refractivity contribution >= 4 is 28.7 Å². The Kier molecular flexibility index (Phi) is 4.37. The topological polar surface area (TPSA) is 90.9 Å². The Morgan fingerprint density at radius 1 is 1.22 bits per heavy atom. The van der Waals surface area contributed by atoms with Crippen molar-refractivity contribution in [3.63, 3.8) is 0 Å². The second-order valence-electron chi connectivity index (χ2n) is 6.16. The number of aromatic nitrogens is 4. The number of nitrogens with zero attached hydrogens (tertiary/aromatic N) is 4. The minimum absolute atomic E-state index is 0.00734. The third-order valence-electron chi connectivity index (χ3n) is 4.59. The van der Waals surface area contributed by atoms with Crippen LogP contribution >= 0.6 is 11.8 Å². The van der Waals surface area contributed by atoms with E-state index in [1.807, 2.05) is 4.57 Å². The van der Waals surface area contributed by atoms with Gasteiger partial charge in [-0.15, -0.1) is 0 Å². The zero-order chi connectivity index (χ0) is 15.6. The highest BCUT2D eigenvalue weighted by Gasteiger charge is 2.29. The Morgan fingerprint density at radius 3 is 2.96 bits per heavy atom. The van der Waals surface area contributed by atoms with Gasteiger partial charge in [-0.1, -0.05) is 0 Å². The van der Waals surface area contributed by atoms with Gasteiger partial charge < -0.3 is 15.8 Å². The second-order valence-corrected chi connectivity index (χ2v) is 7.49. The van der Waals surface area contributed by atoms with Crippen molar-refractivity contribution in [3.05, 3.63) is 12.7 Å². The number of rotatable bonds is 4. The van der Waals surface area contributed by atoms with E-state index < -0.39 is 0 Å². The molecule has 2 fully saturated rings. The summed E-state index contributed by atoms with van der Waals surface area (Å²) in [5.74, 6) is 1.50. The first-order valence-corrected chi connectivity index (χ1v) is 9.27. The summed E-state index contributed by atoms with van der Waals surface area (Å²) in [6, 6.07) is 0. The molecular formula is C15H22N6OS. The maximum absolute atomic E-state index is 6.23. The predicted molar refractivity (Wildman–Crippen MR) is 91.2 cm³/mol. The number of thioether (sulfide) groups is 1. The third-order valence-corrected chi connectivity index (χ3v) is 6.09. The summed E-state index contributed by atoms with van der Waals surface area (Å²) >= 11 is 2.06. The number of fused-ring (bicyclic) bond motifs is 1.